The predicted octanol–water partition coefficient (Wildman–Crippen LogP) is 6.31. The Morgan fingerprint density at radius 1 is 0.821 bits per heavy atom. The van der Waals surface area contributed by atoms with E-state index >= 15 is 0 Å². The molecule has 0 saturated heterocycles. The standard InChI is InChI=1S/C25H19NO2/c1-15-7-10-20-21-11-12-23(16(2)24(21)26-22(20)13-15)28-25(27)19-9-8-17-5-3-4-6-18(17)14-19/h3-14,26H,1-2H3. The summed E-state index contributed by atoms with van der Waals surface area (Å²) in [6, 6.07) is 23.9. The van der Waals surface area contributed by atoms with Crippen LogP contribution < -0.4 is 4.74 Å². The third kappa shape index (κ3) is 2.64. The molecule has 1 heterocycles. The van der Waals surface area contributed by atoms with E-state index in [-0.39, 0.29) is 5.97 Å². The second-order valence-electron chi connectivity index (χ2n) is 7.24. The van der Waals surface area contributed by atoms with E-state index < -0.39 is 0 Å². The molecule has 0 radical (unpaired) electrons. The van der Waals surface area contributed by atoms with Crippen molar-refractivity contribution in [3.05, 3.63) is 89.5 Å². The zero-order valence-electron chi connectivity index (χ0n) is 15.7. The Labute approximate surface area is 162 Å². The van der Waals surface area contributed by atoms with Gasteiger partial charge < -0.3 is 9.72 Å². The minimum absolute atomic E-state index is 0.347. The number of ether oxygens (including phenoxy) is 1. The van der Waals surface area contributed by atoms with Gasteiger partial charge in [-0.05, 0) is 60.5 Å². The first-order valence-electron chi connectivity index (χ1n) is 9.33. The molecule has 1 N–H and O–H groups in total. The van der Waals surface area contributed by atoms with Crippen molar-refractivity contribution in [3.63, 3.8) is 0 Å². The molecule has 0 saturated carbocycles. The number of rotatable bonds is 2. The molecule has 4 aromatic carbocycles. The van der Waals surface area contributed by atoms with Crippen molar-refractivity contribution in [2.24, 2.45) is 0 Å². The molecule has 0 amide bonds. The van der Waals surface area contributed by atoms with Crippen LogP contribution in [0.3, 0.4) is 0 Å². The first kappa shape index (κ1) is 16.6. The third-order valence-electron chi connectivity index (χ3n) is 5.33. The molecule has 0 aliphatic heterocycles. The fraction of sp³-hybridized carbons (Fsp3) is 0.0800. The highest BCUT2D eigenvalue weighted by Gasteiger charge is 2.15. The van der Waals surface area contributed by atoms with Crippen LogP contribution in [0.2, 0.25) is 0 Å². The maximum atomic E-state index is 12.7. The zero-order valence-corrected chi connectivity index (χ0v) is 15.7. The third-order valence-corrected chi connectivity index (χ3v) is 5.33. The van der Waals surface area contributed by atoms with Gasteiger partial charge in [0.15, 0.2) is 0 Å². The largest absolute Gasteiger partial charge is 0.423 e. The van der Waals surface area contributed by atoms with Gasteiger partial charge in [-0.3, -0.25) is 0 Å². The molecule has 28 heavy (non-hydrogen) atoms. The van der Waals surface area contributed by atoms with Gasteiger partial charge in [-0.25, -0.2) is 4.79 Å². The molecule has 0 fully saturated rings. The van der Waals surface area contributed by atoms with Crippen molar-refractivity contribution in [2.75, 3.05) is 0 Å². The summed E-state index contributed by atoms with van der Waals surface area (Å²) < 4.78 is 5.75. The number of hydrogen-bond acceptors (Lipinski definition) is 2. The summed E-state index contributed by atoms with van der Waals surface area (Å²) in [6.45, 7) is 4.06. The molecular formula is C25H19NO2. The lowest BCUT2D eigenvalue weighted by Crippen LogP contribution is -2.09. The van der Waals surface area contributed by atoms with E-state index in [4.69, 9.17) is 4.74 Å². The molecule has 0 unspecified atom stereocenters. The van der Waals surface area contributed by atoms with E-state index in [0.717, 1.165) is 32.8 Å². The Bertz CT molecular complexity index is 1380. The minimum Gasteiger partial charge on any atom is -0.423 e. The summed E-state index contributed by atoms with van der Waals surface area (Å²) >= 11 is 0. The van der Waals surface area contributed by atoms with Crippen molar-refractivity contribution < 1.29 is 9.53 Å². The van der Waals surface area contributed by atoms with Crippen molar-refractivity contribution in [1.82, 2.24) is 4.98 Å². The second kappa shape index (κ2) is 6.24. The van der Waals surface area contributed by atoms with Gasteiger partial charge >= 0.3 is 5.97 Å². The van der Waals surface area contributed by atoms with Crippen LogP contribution in [0.25, 0.3) is 32.6 Å². The Morgan fingerprint density at radius 3 is 2.46 bits per heavy atom. The molecule has 0 atom stereocenters. The number of carbonyl (C=O) groups is 1. The summed E-state index contributed by atoms with van der Waals surface area (Å²) in [7, 11) is 0. The van der Waals surface area contributed by atoms with Gasteiger partial charge in [0.2, 0.25) is 0 Å². The first-order chi connectivity index (χ1) is 13.6. The highest BCUT2D eigenvalue weighted by atomic mass is 16.5. The van der Waals surface area contributed by atoms with Crippen LogP contribution in [0.4, 0.5) is 0 Å². The van der Waals surface area contributed by atoms with E-state index in [1.165, 1.54) is 10.9 Å². The van der Waals surface area contributed by atoms with Crippen LogP contribution in [0.5, 0.6) is 5.75 Å². The van der Waals surface area contributed by atoms with Gasteiger partial charge in [-0.2, -0.15) is 0 Å². The second-order valence-corrected chi connectivity index (χ2v) is 7.24. The average Bonchev–Trinajstić information content (AvgIpc) is 3.08. The number of aryl methyl sites for hydroxylation is 2. The van der Waals surface area contributed by atoms with Crippen LogP contribution in [0, 0.1) is 13.8 Å². The number of nitrogens with one attached hydrogen (secondary N) is 1. The lowest BCUT2D eigenvalue weighted by atomic mass is 10.1. The molecule has 5 rings (SSSR count). The van der Waals surface area contributed by atoms with Crippen LogP contribution in [-0.4, -0.2) is 11.0 Å². The lowest BCUT2D eigenvalue weighted by molar-refractivity contribution is 0.0734. The summed E-state index contributed by atoms with van der Waals surface area (Å²) in [5, 5.41) is 4.44. The Morgan fingerprint density at radius 2 is 1.61 bits per heavy atom. The van der Waals surface area contributed by atoms with E-state index in [2.05, 4.69) is 30.1 Å². The van der Waals surface area contributed by atoms with E-state index in [9.17, 15) is 4.79 Å². The van der Waals surface area contributed by atoms with Crippen LogP contribution >= 0.6 is 0 Å². The summed E-state index contributed by atoms with van der Waals surface area (Å²) in [5.74, 6) is 0.231. The van der Waals surface area contributed by atoms with Gasteiger partial charge in [-0.15, -0.1) is 0 Å². The molecule has 5 aromatic rings. The molecule has 1 aromatic heterocycles. The van der Waals surface area contributed by atoms with Crippen LogP contribution in [0.15, 0.2) is 72.8 Å². The van der Waals surface area contributed by atoms with E-state index in [1.807, 2.05) is 61.5 Å². The van der Waals surface area contributed by atoms with E-state index in [0.29, 0.717) is 11.3 Å². The molecule has 0 aliphatic rings. The number of aromatic nitrogens is 1. The fourth-order valence-electron chi connectivity index (χ4n) is 3.79. The van der Waals surface area contributed by atoms with Crippen molar-refractivity contribution in [3.8, 4) is 5.75 Å². The lowest BCUT2D eigenvalue weighted by Gasteiger charge is -2.09. The first-order valence-corrected chi connectivity index (χ1v) is 9.33. The quantitative estimate of drug-likeness (QED) is 0.294. The number of hydrogen-bond donors (Lipinski definition) is 1. The fourth-order valence-corrected chi connectivity index (χ4v) is 3.79. The maximum Gasteiger partial charge on any atom is 0.343 e. The van der Waals surface area contributed by atoms with Gasteiger partial charge in [0.1, 0.15) is 5.75 Å². The number of carbonyl (C=O) groups excluding carboxylic acids is 1. The molecule has 3 nitrogen and oxygen atoms in total. The monoisotopic (exact) mass is 365 g/mol. The molecule has 0 aliphatic carbocycles. The van der Waals surface area contributed by atoms with Gasteiger partial charge in [0.05, 0.1) is 11.1 Å². The van der Waals surface area contributed by atoms with E-state index in [1.54, 1.807) is 0 Å². The molecule has 136 valence electrons. The molecule has 0 bridgehead atoms. The number of aromatic amines is 1. The smallest absolute Gasteiger partial charge is 0.343 e. The molecule has 3 heteroatoms. The summed E-state index contributed by atoms with van der Waals surface area (Å²) in [6.07, 6.45) is 0. The van der Waals surface area contributed by atoms with Crippen LogP contribution in [-0.2, 0) is 0 Å². The number of H-pyrrole nitrogens is 1. The number of fused-ring (bicyclic) bond motifs is 4. The minimum atomic E-state index is -0.347. The zero-order chi connectivity index (χ0) is 19.3. The number of benzene rings is 4. The molecule has 0 spiro atoms. The average molecular weight is 365 g/mol. The summed E-state index contributed by atoms with van der Waals surface area (Å²) in [4.78, 5) is 16.2. The Kier molecular flexibility index (Phi) is 3.69. The van der Waals surface area contributed by atoms with Crippen LogP contribution in [0.1, 0.15) is 21.5 Å². The highest BCUT2D eigenvalue weighted by molar-refractivity contribution is 6.09. The normalized spacial score (nSPS) is 11.4. The summed E-state index contributed by atoms with van der Waals surface area (Å²) in [5.41, 5.74) is 4.78. The van der Waals surface area contributed by atoms with Gasteiger partial charge in [0, 0.05) is 21.9 Å². The molecular weight excluding hydrogens is 346 g/mol. The van der Waals surface area contributed by atoms with Crippen molar-refractivity contribution >= 4 is 38.5 Å². The topological polar surface area (TPSA) is 42.1 Å². The predicted molar refractivity (Wildman–Crippen MR) is 114 cm³/mol. The van der Waals surface area contributed by atoms with Gasteiger partial charge in [0.25, 0.3) is 0 Å². The Hall–Kier alpha value is -3.59. The number of esters is 1. The highest BCUT2D eigenvalue weighted by Crippen LogP contribution is 2.33. The maximum absolute atomic E-state index is 12.7. The van der Waals surface area contributed by atoms with Crippen molar-refractivity contribution in [2.45, 2.75) is 13.8 Å². The van der Waals surface area contributed by atoms with Gasteiger partial charge in [-0.1, -0.05) is 42.5 Å². The Balaban J connectivity index is 1.54. The SMILES string of the molecule is Cc1ccc2c(c1)[nH]c1c(C)c(OC(=O)c3ccc4ccccc4c3)ccc12. The van der Waals surface area contributed by atoms with Crippen molar-refractivity contribution in [1.29, 1.82) is 0 Å².